The largest absolute Gasteiger partial charge is 0.0991 e. The molecule has 0 aliphatic carbocycles. The molecule has 0 aliphatic rings. The van der Waals surface area contributed by atoms with Crippen LogP contribution in [0.25, 0.3) is 0 Å². The van der Waals surface area contributed by atoms with Crippen molar-refractivity contribution in [1.29, 1.82) is 0 Å². The third kappa shape index (κ3) is 3.08. The number of allylic oxidation sites excluding steroid dienone is 5. The molecule has 0 amide bonds. The summed E-state index contributed by atoms with van der Waals surface area (Å²) in [7, 11) is 0. The lowest BCUT2D eigenvalue weighted by atomic mass is 9.92. The van der Waals surface area contributed by atoms with E-state index < -0.39 is 0 Å². The van der Waals surface area contributed by atoms with E-state index in [4.69, 9.17) is 0 Å². The van der Waals surface area contributed by atoms with Crippen LogP contribution in [0.15, 0.2) is 35.5 Å². The molecule has 0 radical (unpaired) electrons. The quantitative estimate of drug-likeness (QED) is 0.551. The molecule has 0 spiro atoms. The van der Waals surface area contributed by atoms with E-state index in [0.29, 0.717) is 5.92 Å². The molecule has 0 aromatic heterocycles. The first kappa shape index (κ1) is 11.2. The van der Waals surface area contributed by atoms with Gasteiger partial charge in [-0.25, -0.2) is 0 Å². The standard InChI is InChI=1S/C12H20/c1-7-8-11(6)12(9(2)3)10(4)5/h7-9H,1H2,2-6H3/b11-8-. The van der Waals surface area contributed by atoms with Crippen LogP contribution in [0.1, 0.15) is 34.6 Å². The highest BCUT2D eigenvalue weighted by Gasteiger charge is 2.05. The number of rotatable bonds is 3. The van der Waals surface area contributed by atoms with Gasteiger partial charge in [0, 0.05) is 0 Å². The minimum Gasteiger partial charge on any atom is -0.0991 e. The number of hydrogen-bond acceptors (Lipinski definition) is 0. The van der Waals surface area contributed by atoms with Crippen LogP contribution >= 0.6 is 0 Å². The fourth-order valence-corrected chi connectivity index (χ4v) is 1.69. The Kier molecular flexibility index (Phi) is 4.65. The molecule has 68 valence electrons. The van der Waals surface area contributed by atoms with Crippen molar-refractivity contribution in [1.82, 2.24) is 0 Å². The first-order valence-electron chi connectivity index (χ1n) is 4.47. The minimum absolute atomic E-state index is 0.603. The van der Waals surface area contributed by atoms with E-state index in [1.54, 1.807) is 0 Å². The van der Waals surface area contributed by atoms with E-state index in [1.165, 1.54) is 16.7 Å². The summed E-state index contributed by atoms with van der Waals surface area (Å²) in [5, 5.41) is 0. The Morgan fingerprint density at radius 1 is 1.17 bits per heavy atom. The number of hydrogen-bond donors (Lipinski definition) is 0. The summed E-state index contributed by atoms with van der Waals surface area (Å²) >= 11 is 0. The van der Waals surface area contributed by atoms with Gasteiger partial charge in [-0.15, -0.1) is 0 Å². The van der Waals surface area contributed by atoms with Crippen LogP contribution in [0.3, 0.4) is 0 Å². The summed E-state index contributed by atoms with van der Waals surface area (Å²) in [6, 6.07) is 0. The van der Waals surface area contributed by atoms with E-state index in [1.807, 2.05) is 6.08 Å². The van der Waals surface area contributed by atoms with Crippen LogP contribution in [0, 0.1) is 5.92 Å². The highest BCUT2D eigenvalue weighted by molar-refractivity contribution is 5.35. The zero-order valence-corrected chi connectivity index (χ0v) is 8.94. The predicted molar refractivity (Wildman–Crippen MR) is 57.2 cm³/mol. The molecule has 0 bridgehead atoms. The first-order chi connectivity index (χ1) is 5.50. The molecule has 0 nitrogen and oxygen atoms in total. The summed E-state index contributed by atoms with van der Waals surface area (Å²) in [6.45, 7) is 14.6. The molecule has 0 aromatic rings. The molecule has 0 atom stereocenters. The van der Waals surface area contributed by atoms with Gasteiger partial charge in [-0.2, -0.15) is 0 Å². The van der Waals surface area contributed by atoms with Gasteiger partial charge < -0.3 is 0 Å². The van der Waals surface area contributed by atoms with Gasteiger partial charge in [0.2, 0.25) is 0 Å². The van der Waals surface area contributed by atoms with Gasteiger partial charge in [0.1, 0.15) is 0 Å². The van der Waals surface area contributed by atoms with Gasteiger partial charge in [-0.3, -0.25) is 0 Å². The van der Waals surface area contributed by atoms with E-state index in [0.717, 1.165) is 0 Å². The Bertz CT molecular complexity index is 210. The molecule has 0 heterocycles. The Morgan fingerprint density at radius 3 is 1.92 bits per heavy atom. The zero-order chi connectivity index (χ0) is 9.72. The van der Waals surface area contributed by atoms with Crippen LogP contribution in [-0.4, -0.2) is 0 Å². The second-order valence-electron chi connectivity index (χ2n) is 3.65. The molecular weight excluding hydrogens is 144 g/mol. The lowest BCUT2D eigenvalue weighted by Crippen LogP contribution is -1.97. The van der Waals surface area contributed by atoms with E-state index >= 15 is 0 Å². The molecule has 0 aromatic carbocycles. The van der Waals surface area contributed by atoms with E-state index in [-0.39, 0.29) is 0 Å². The van der Waals surface area contributed by atoms with Crippen molar-refractivity contribution in [3.8, 4) is 0 Å². The lowest BCUT2D eigenvalue weighted by Gasteiger charge is -2.14. The highest BCUT2D eigenvalue weighted by Crippen LogP contribution is 2.22. The van der Waals surface area contributed by atoms with Gasteiger partial charge in [-0.05, 0) is 37.8 Å². The fourth-order valence-electron chi connectivity index (χ4n) is 1.69. The minimum atomic E-state index is 0.603. The maximum atomic E-state index is 3.70. The Morgan fingerprint density at radius 2 is 1.67 bits per heavy atom. The van der Waals surface area contributed by atoms with Gasteiger partial charge in [0.15, 0.2) is 0 Å². The molecule has 0 fully saturated rings. The summed E-state index contributed by atoms with van der Waals surface area (Å²) < 4.78 is 0. The summed E-state index contributed by atoms with van der Waals surface area (Å²) in [5.74, 6) is 0.603. The summed E-state index contributed by atoms with van der Waals surface area (Å²) in [6.07, 6.45) is 3.92. The van der Waals surface area contributed by atoms with Crippen LogP contribution in [0.4, 0.5) is 0 Å². The monoisotopic (exact) mass is 164 g/mol. The zero-order valence-electron chi connectivity index (χ0n) is 8.94. The van der Waals surface area contributed by atoms with Crippen molar-refractivity contribution in [2.24, 2.45) is 5.92 Å². The topological polar surface area (TPSA) is 0 Å². The fraction of sp³-hybridized carbons (Fsp3) is 0.500. The van der Waals surface area contributed by atoms with Crippen molar-refractivity contribution in [3.63, 3.8) is 0 Å². The summed E-state index contributed by atoms with van der Waals surface area (Å²) in [5.41, 5.74) is 4.19. The first-order valence-corrected chi connectivity index (χ1v) is 4.47. The average molecular weight is 164 g/mol. The van der Waals surface area contributed by atoms with Crippen molar-refractivity contribution in [3.05, 3.63) is 35.5 Å². The summed E-state index contributed by atoms with van der Waals surface area (Å²) in [4.78, 5) is 0. The molecule has 0 N–H and O–H groups in total. The van der Waals surface area contributed by atoms with Crippen LogP contribution in [-0.2, 0) is 0 Å². The highest BCUT2D eigenvalue weighted by atomic mass is 14.1. The Hall–Kier alpha value is -0.780. The predicted octanol–water partition coefficient (Wildman–Crippen LogP) is 4.11. The van der Waals surface area contributed by atoms with Crippen molar-refractivity contribution >= 4 is 0 Å². The molecule has 0 saturated carbocycles. The molecule has 0 saturated heterocycles. The smallest absolute Gasteiger partial charge is 0.0217 e. The van der Waals surface area contributed by atoms with Crippen LogP contribution in [0.2, 0.25) is 0 Å². The van der Waals surface area contributed by atoms with Gasteiger partial charge in [0.05, 0.1) is 0 Å². The molecule has 0 unspecified atom stereocenters. The SMILES string of the molecule is C=C/C=C(/C)C(=C(C)C)C(C)C. The normalized spacial score (nSPS) is 11.7. The third-order valence-corrected chi connectivity index (χ3v) is 1.91. The average Bonchev–Trinajstić information content (AvgIpc) is 1.85. The van der Waals surface area contributed by atoms with Gasteiger partial charge in [-0.1, -0.05) is 38.2 Å². The maximum Gasteiger partial charge on any atom is -0.0217 e. The second kappa shape index (κ2) is 4.97. The van der Waals surface area contributed by atoms with Crippen molar-refractivity contribution < 1.29 is 0 Å². The van der Waals surface area contributed by atoms with Crippen LogP contribution in [0.5, 0.6) is 0 Å². The Labute approximate surface area is 76.7 Å². The molecule has 0 aliphatic heterocycles. The van der Waals surface area contributed by atoms with Gasteiger partial charge >= 0.3 is 0 Å². The third-order valence-electron chi connectivity index (χ3n) is 1.91. The maximum absolute atomic E-state index is 3.70. The molecular formula is C12H20. The lowest BCUT2D eigenvalue weighted by molar-refractivity contribution is 0.765. The van der Waals surface area contributed by atoms with Crippen molar-refractivity contribution in [2.75, 3.05) is 0 Å². The van der Waals surface area contributed by atoms with Crippen LogP contribution < -0.4 is 0 Å². The van der Waals surface area contributed by atoms with Gasteiger partial charge in [0.25, 0.3) is 0 Å². The second-order valence-corrected chi connectivity index (χ2v) is 3.65. The van der Waals surface area contributed by atoms with Crippen molar-refractivity contribution in [2.45, 2.75) is 34.6 Å². The molecule has 0 heteroatoms. The molecule has 0 rings (SSSR count). The molecule has 12 heavy (non-hydrogen) atoms. The van der Waals surface area contributed by atoms with E-state index in [9.17, 15) is 0 Å². The Balaban J connectivity index is 4.90. The van der Waals surface area contributed by atoms with E-state index in [2.05, 4.69) is 47.3 Å².